The van der Waals surface area contributed by atoms with E-state index in [0.29, 0.717) is 22.9 Å². The van der Waals surface area contributed by atoms with Crippen molar-refractivity contribution in [2.45, 2.75) is 6.42 Å². The summed E-state index contributed by atoms with van der Waals surface area (Å²) in [5.41, 5.74) is 0.997. The molecule has 0 unspecified atom stereocenters. The molecule has 1 aromatic rings. The van der Waals surface area contributed by atoms with Crippen LogP contribution in [0.3, 0.4) is 0 Å². The Hall–Kier alpha value is -2.24. The number of amides is 2. The van der Waals surface area contributed by atoms with Crippen LogP contribution in [0.5, 0.6) is 11.5 Å². The first-order valence-corrected chi connectivity index (χ1v) is 4.99. The van der Waals surface area contributed by atoms with Crippen LogP contribution in [0.25, 0.3) is 0 Å². The summed E-state index contributed by atoms with van der Waals surface area (Å²) in [7, 11) is 3.00. The second-order valence-corrected chi connectivity index (χ2v) is 3.53. The van der Waals surface area contributed by atoms with E-state index in [2.05, 4.69) is 10.6 Å². The van der Waals surface area contributed by atoms with Crippen molar-refractivity contribution >= 4 is 23.2 Å². The van der Waals surface area contributed by atoms with Gasteiger partial charge in [-0.2, -0.15) is 0 Å². The van der Waals surface area contributed by atoms with Gasteiger partial charge >= 0.3 is 0 Å². The van der Waals surface area contributed by atoms with Gasteiger partial charge in [-0.15, -0.1) is 0 Å². The Morgan fingerprint density at radius 1 is 0.941 bits per heavy atom. The van der Waals surface area contributed by atoms with E-state index in [1.807, 2.05) is 0 Å². The summed E-state index contributed by atoms with van der Waals surface area (Å²) in [5, 5.41) is 5.24. The van der Waals surface area contributed by atoms with Gasteiger partial charge in [0.05, 0.1) is 25.6 Å². The first-order valence-electron chi connectivity index (χ1n) is 4.99. The normalized spacial score (nSPS) is 14.2. The van der Waals surface area contributed by atoms with Crippen LogP contribution in [0.2, 0.25) is 0 Å². The molecule has 17 heavy (non-hydrogen) atoms. The smallest absolute Gasteiger partial charge is 0.233 e. The molecule has 2 amide bonds. The molecule has 1 aliphatic heterocycles. The number of hydrogen-bond donors (Lipinski definition) is 2. The molecule has 90 valence electrons. The molecule has 6 nitrogen and oxygen atoms in total. The molecule has 0 saturated carbocycles. The van der Waals surface area contributed by atoms with Crippen LogP contribution in [-0.4, -0.2) is 26.0 Å². The fourth-order valence-corrected chi connectivity index (χ4v) is 1.62. The maximum Gasteiger partial charge on any atom is 0.233 e. The number of ether oxygens (including phenoxy) is 2. The summed E-state index contributed by atoms with van der Waals surface area (Å²) in [6.07, 6.45) is -0.195. The number of benzene rings is 1. The SMILES string of the molecule is COc1cc2c(cc1OC)NC(=O)CC(=O)N2. The Balaban J connectivity index is 2.50. The molecule has 6 heteroatoms. The zero-order chi connectivity index (χ0) is 12.4. The number of anilines is 2. The second-order valence-electron chi connectivity index (χ2n) is 3.53. The van der Waals surface area contributed by atoms with Gasteiger partial charge in [-0.05, 0) is 0 Å². The molecule has 0 atom stereocenters. The molecule has 1 heterocycles. The monoisotopic (exact) mass is 236 g/mol. The van der Waals surface area contributed by atoms with Gasteiger partial charge in [0.1, 0.15) is 6.42 Å². The van der Waals surface area contributed by atoms with Gasteiger partial charge < -0.3 is 20.1 Å². The summed E-state index contributed by atoms with van der Waals surface area (Å²) < 4.78 is 10.2. The van der Waals surface area contributed by atoms with Gasteiger partial charge in [0.25, 0.3) is 0 Å². The Labute approximate surface area is 97.9 Å². The standard InChI is InChI=1S/C11H12N2O4/c1-16-8-3-6-7(4-9(8)17-2)13-11(15)5-10(14)12-6/h3-4H,5H2,1-2H3,(H,12,14)(H,13,15). The van der Waals surface area contributed by atoms with E-state index >= 15 is 0 Å². The van der Waals surface area contributed by atoms with Gasteiger partial charge in [-0.1, -0.05) is 0 Å². The predicted molar refractivity (Wildman–Crippen MR) is 61.4 cm³/mol. The molecule has 0 aromatic heterocycles. The van der Waals surface area contributed by atoms with E-state index in [-0.39, 0.29) is 18.2 Å². The van der Waals surface area contributed by atoms with Crippen molar-refractivity contribution in [1.29, 1.82) is 0 Å². The van der Waals surface area contributed by atoms with Gasteiger partial charge in [0.15, 0.2) is 11.5 Å². The van der Waals surface area contributed by atoms with Gasteiger partial charge in [0.2, 0.25) is 11.8 Å². The topological polar surface area (TPSA) is 76.7 Å². The fraction of sp³-hybridized carbons (Fsp3) is 0.273. The molecular formula is C11H12N2O4. The third-order valence-electron chi connectivity index (χ3n) is 2.39. The summed E-state index contributed by atoms with van der Waals surface area (Å²) in [4.78, 5) is 22.7. The van der Waals surface area contributed by atoms with E-state index in [1.54, 1.807) is 12.1 Å². The molecule has 0 bridgehead atoms. The maximum atomic E-state index is 11.4. The number of methoxy groups -OCH3 is 2. The van der Waals surface area contributed by atoms with Gasteiger partial charge in [-0.3, -0.25) is 9.59 Å². The minimum Gasteiger partial charge on any atom is -0.493 e. The third-order valence-corrected chi connectivity index (χ3v) is 2.39. The second kappa shape index (κ2) is 4.32. The highest BCUT2D eigenvalue weighted by atomic mass is 16.5. The Bertz CT molecular complexity index is 442. The summed E-state index contributed by atoms with van der Waals surface area (Å²) in [5.74, 6) is 0.271. The van der Waals surface area contributed by atoms with Crippen LogP contribution in [0, 0.1) is 0 Å². The number of hydrogen-bond acceptors (Lipinski definition) is 4. The van der Waals surface area contributed by atoms with Crippen molar-refractivity contribution in [1.82, 2.24) is 0 Å². The highest BCUT2D eigenvalue weighted by Crippen LogP contribution is 2.37. The highest BCUT2D eigenvalue weighted by Gasteiger charge is 2.20. The molecule has 0 spiro atoms. The van der Waals surface area contributed by atoms with E-state index < -0.39 is 0 Å². The van der Waals surface area contributed by atoms with Crippen LogP contribution >= 0.6 is 0 Å². The van der Waals surface area contributed by atoms with E-state index in [0.717, 1.165) is 0 Å². The summed E-state index contributed by atoms with van der Waals surface area (Å²) >= 11 is 0. The van der Waals surface area contributed by atoms with Crippen molar-refractivity contribution in [3.05, 3.63) is 12.1 Å². The van der Waals surface area contributed by atoms with Crippen molar-refractivity contribution in [2.24, 2.45) is 0 Å². The fourth-order valence-electron chi connectivity index (χ4n) is 1.62. The Morgan fingerprint density at radius 3 is 1.71 bits per heavy atom. The zero-order valence-corrected chi connectivity index (χ0v) is 9.49. The lowest BCUT2D eigenvalue weighted by Gasteiger charge is -2.13. The zero-order valence-electron chi connectivity index (χ0n) is 9.49. The first-order chi connectivity index (χ1) is 8.13. The van der Waals surface area contributed by atoms with E-state index in [9.17, 15) is 9.59 Å². The molecule has 0 saturated heterocycles. The van der Waals surface area contributed by atoms with Crippen molar-refractivity contribution < 1.29 is 19.1 Å². The maximum absolute atomic E-state index is 11.4. The average Bonchev–Trinajstić information content (AvgIpc) is 2.43. The van der Waals surface area contributed by atoms with Crippen LogP contribution < -0.4 is 20.1 Å². The third kappa shape index (κ3) is 2.15. The van der Waals surface area contributed by atoms with E-state index in [1.165, 1.54) is 14.2 Å². The first kappa shape index (κ1) is 11.3. The number of rotatable bonds is 2. The number of nitrogens with one attached hydrogen (secondary N) is 2. The Morgan fingerprint density at radius 2 is 1.35 bits per heavy atom. The molecular weight excluding hydrogens is 224 g/mol. The lowest BCUT2D eigenvalue weighted by Crippen LogP contribution is -2.16. The predicted octanol–water partition coefficient (Wildman–Crippen LogP) is 0.984. The Kier molecular flexibility index (Phi) is 2.86. The molecule has 0 aliphatic carbocycles. The largest absolute Gasteiger partial charge is 0.493 e. The van der Waals surface area contributed by atoms with Crippen LogP contribution in [-0.2, 0) is 9.59 Å². The molecule has 1 aliphatic rings. The molecule has 2 N–H and O–H groups in total. The molecule has 0 fully saturated rings. The van der Waals surface area contributed by atoms with Crippen LogP contribution in [0.4, 0.5) is 11.4 Å². The van der Waals surface area contributed by atoms with Crippen molar-refractivity contribution in [3.63, 3.8) is 0 Å². The quantitative estimate of drug-likeness (QED) is 0.750. The average molecular weight is 236 g/mol. The van der Waals surface area contributed by atoms with Crippen LogP contribution in [0.15, 0.2) is 12.1 Å². The number of carbonyl (C=O) groups is 2. The summed E-state index contributed by atoms with van der Waals surface area (Å²) in [6.45, 7) is 0. The van der Waals surface area contributed by atoms with Crippen molar-refractivity contribution in [2.75, 3.05) is 24.9 Å². The lowest BCUT2D eigenvalue weighted by molar-refractivity contribution is -0.123. The van der Waals surface area contributed by atoms with Crippen molar-refractivity contribution in [3.8, 4) is 11.5 Å². The van der Waals surface area contributed by atoms with Crippen LogP contribution in [0.1, 0.15) is 6.42 Å². The molecule has 0 radical (unpaired) electrons. The minimum atomic E-state index is -0.353. The number of fused-ring (bicyclic) bond motifs is 1. The lowest BCUT2D eigenvalue weighted by atomic mass is 10.2. The van der Waals surface area contributed by atoms with E-state index in [4.69, 9.17) is 9.47 Å². The number of carbonyl (C=O) groups excluding carboxylic acids is 2. The molecule has 2 rings (SSSR count). The molecule has 1 aromatic carbocycles. The van der Waals surface area contributed by atoms with Gasteiger partial charge in [0, 0.05) is 12.1 Å². The van der Waals surface area contributed by atoms with Gasteiger partial charge in [-0.25, -0.2) is 0 Å². The summed E-state index contributed by atoms with van der Waals surface area (Å²) in [6, 6.07) is 3.22. The highest BCUT2D eigenvalue weighted by molar-refractivity contribution is 6.13. The minimum absolute atomic E-state index is 0.195.